The van der Waals surface area contributed by atoms with Gasteiger partial charge in [0, 0.05) is 6.04 Å². The van der Waals surface area contributed by atoms with Crippen molar-refractivity contribution in [2.24, 2.45) is 0 Å². The summed E-state index contributed by atoms with van der Waals surface area (Å²) < 4.78 is 5.27. The van der Waals surface area contributed by atoms with Crippen molar-refractivity contribution in [3.8, 4) is 0 Å². The number of carboxylic acid groups (broad SMARTS) is 1. The first-order valence-electron chi connectivity index (χ1n) is 6.80. The summed E-state index contributed by atoms with van der Waals surface area (Å²) >= 11 is 0. The van der Waals surface area contributed by atoms with Crippen molar-refractivity contribution in [2.75, 3.05) is 6.61 Å². The lowest BCUT2D eigenvalue weighted by Crippen LogP contribution is -2.52. The molecule has 1 saturated heterocycles. The number of ether oxygens (including phenoxy) is 1. The molecule has 0 radical (unpaired) electrons. The van der Waals surface area contributed by atoms with E-state index in [4.69, 9.17) is 4.74 Å². The summed E-state index contributed by atoms with van der Waals surface area (Å²) in [7, 11) is 0. The molecule has 3 rings (SSSR count). The van der Waals surface area contributed by atoms with Crippen LogP contribution in [0.2, 0.25) is 0 Å². The number of aryl methyl sites for hydroxylation is 1. The fourth-order valence-electron chi connectivity index (χ4n) is 2.72. The van der Waals surface area contributed by atoms with Crippen LogP contribution in [0.1, 0.15) is 30.0 Å². The molecule has 1 aromatic carbocycles. The molecule has 2 unspecified atom stereocenters. The van der Waals surface area contributed by atoms with Crippen molar-refractivity contribution >= 4 is 11.9 Å². The number of morpholine rings is 1. The van der Waals surface area contributed by atoms with Gasteiger partial charge in [0.25, 0.3) is 0 Å². The average Bonchev–Trinajstić information content (AvgIpc) is 3.23. The van der Waals surface area contributed by atoms with E-state index in [1.807, 2.05) is 31.2 Å². The summed E-state index contributed by atoms with van der Waals surface area (Å²) in [6, 6.07) is 7.26. The maximum absolute atomic E-state index is 12.1. The number of benzene rings is 1. The molecule has 1 aliphatic carbocycles. The van der Waals surface area contributed by atoms with Crippen molar-refractivity contribution in [3.05, 3.63) is 35.4 Å². The summed E-state index contributed by atoms with van der Waals surface area (Å²) in [5.41, 5.74) is 1.92. The Kier molecular flexibility index (Phi) is 3.22. The molecule has 0 aromatic heterocycles. The topological polar surface area (TPSA) is 66.8 Å². The van der Waals surface area contributed by atoms with Gasteiger partial charge in [-0.25, -0.2) is 4.79 Å². The van der Waals surface area contributed by atoms with Gasteiger partial charge in [-0.2, -0.15) is 0 Å². The molecule has 2 fully saturated rings. The first-order valence-corrected chi connectivity index (χ1v) is 6.80. The Bertz CT molecular complexity index is 535. The molecule has 2 atom stereocenters. The number of hydrogen-bond acceptors (Lipinski definition) is 3. The van der Waals surface area contributed by atoms with Gasteiger partial charge in [0.05, 0.1) is 6.04 Å². The zero-order valence-corrected chi connectivity index (χ0v) is 11.3. The predicted molar refractivity (Wildman–Crippen MR) is 71.2 cm³/mol. The van der Waals surface area contributed by atoms with E-state index < -0.39 is 18.1 Å². The number of carbonyl (C=O) groups is 2. The molecule has 5 nitrogen and oxygen atoms in total. The van der Waals surface area contributed by atoms with Crippen LogP contribution >= 0.6 is 0 Å². The van der Waals surface area contributed by atoms with E-state index >= 15 is 0 Å². The molecule has 20 heavy (non-hydrogen) atoms. The van der Waals surface area contributed by atoms with Crippen molar-refractivity contribution in [2.45, 2.75) is 38.0 Å². The second-order valence-electron chi connectivity index (χ2n) is 5.46. The zero-order valence-electron chi connectivity index (χ0n) is 11.3. The summed E-state index contributed by atoms with van der Waals surface area (Å²) in [4.78, 5) is 25.3. The van der Waals surface area contributed by atoms with Crippen LogP contribution in [0.4, 0.5) is 0 Å². The molecule has 0 bridgehead atoms. The van der Waals surface area contributed by atoms with Gasteiger partial charge in [0.2, 0.25) is 5.91 Å². The predicted octanol–water partition coefficient (Wildman–Crippen LogP) is 1.51. The third kappa shape index (κ3) is 2.29. The van der Waals surface area contributed by atoms with Crippen LogP contribution in [0.3, 0.4) is 0 Å². The first-order chi connectivity index (χ1) is 9.58. The Balaban J connectivity index is 2.00. The van der Waals surface area contributed by atoms with Crippen molar-refractivity contribution in [3.63, 3.8) is 0 Å². The molecule has 5 heteroatoms. The minimum Gasteiger partial charge on any atom is -0.479 e. The minimum absolute atomic E-state index is 0.115. The standard InChI is InChI=1S/C15H17NO4/c1-9-2-4-10(5-3-9)13-14(15(18)19)20-8-12(17)16(13)11-6-7-11/h2-5,11,13-14H,6-8H2,1H3,(H,18,19). The van der Waals surface area contributed by atoms with Gasteiger partial charge in [0.1, 0.15) is 6.61 Å². The third-order valence-corrected chi connectivity index (χ3v) is 3.86. The number of carbonyl (C=O) groups excluding carboxylic acids is 1. The summed E-state index contributed by atoms with van der Waals surface area (Å²) in [6.45, 7) is 1.83. The fraction of sp³-hybridized carbons (Fsp3) is 0.467. The molecule has 1 aromatic rings. The van der Waals surface area contributed by atoms with Gasteiger partial charge >= 0.3 is 5.97 Å². The Hall–Kier alpha value is -1.88. The van der Waals surface area contributed by atoms with Crippen molar-refractivity contribution in [1.29, 1.82) is 0 Å². The molecule has 0 spiro atoms. The highest BCUT2D eigenvalue weighted by Crippen LogP contribution is 2.39. The van der Waals surface area contributed by atoms with Crippen LogP contribution in [-0.4, -0.2) is 40.6 Å². The van der Waals surface area contributed by atoms with Gasteiger partial charge < -0.3 is 14.7 Å². The largest absolute Gasteiger partial charge is 0.479 e. The highest BCUT2D eigenvalue weighted by atomic mass is 16.5. The molecule has 106 valence electrons. The molecule has 1 aliphatic heterocycles. The van der Waals surface area contributed by atoms with E-state index in [-0.39, 0.29) is 18.6 Å². The highest BCUT2D eigenvalue weighted by molar-refractivity contribution is 5.83. The van der Waals surface area contributed by atoms with Crippen LogP contribution < -0.4 is 0 Å². The Morgan fingerprint density at radius 3 is 2.50 bits per heavy atom. The van der Waals surface area contributed by atoms with Crippen LogP contribution in [0, 0.1) is 6.92 Å². The summed E-state index contributed by atoms with van der Waals surface area (Å²) in [5.74, 6) is -1.13. The van der Waals surface area contributed by atoms with E-state index in [2.05, 4.69) is 0 Å². The fourth-order valence-corrected chi connectivity index (χ4v) is 2.72. The van der Waals surface area contributed by atoms with Gasteiger partial charge in [-0.15, -0.1) is 0 Å². The number of carboxylic acids is 1. The monoisotopic (exact) mass is 275 g/mol. The highest BCUT2D eigenvalue weighted by Gasteiger charge is 2.47. The number of nitrogens with zero attached hydrogens (tertiary/aromatic N) is 1. The quantitative estimate of drug-likeness (QED) is 0.908. The molecule has 2 aliphatic rings. The smallest absolute Gasteiger partial charge is 0.335 e. The molecule has 1 heterocycles. The first kappa shape index (κ1) is 13.1. The second-order valence-corrected chi connectivity index (χ2v) is 5.46. The van der Waals surface area contributed by atoms with Crippen LogP contribution in [0.15, 0.2) is 24.3 Å². The van der Waals surface area contributed by atoms with E-state index in [1.165, 1.54) is 0 Å². The molecule has 1 N–H and O–H groups in total. The number of hydrogen-bond donors (Lipinski definition) is 1. The van der Waals surface area contributed by atoms with E-state index in [9.17, 15) is 14.7 Å². The van der Waals surface area contributed by atoms with Crippen molar-refractivity contribution in [1.82, 2.24) is 4.90 Å². The Labute approximate surface area is 117 Å². The molecular weight excluding hydrogens is 258 g/mol. The normalized spacial score (nSPS) is 26.6. The Morgan fingerprint density at radius 1 is 1.30 bits per heavy atom. The minimum atomic E-state index is -1.02. The third-order valence-electron chi connectivity index (χ3n) is 3.86. The second kappa shape index (κ2) is 4.90. The van der Waals surface area contributed by atoms with E-state index in [0.29, 0.717) is 0 Å². The van der Waals surface area contributed by atoms with Crippen molar-refractivity contribution < 1.29 is 19.4 Å². The molecule has 1 saturated carbocycles. The number of rotatable bonds is 3. The number of amides is 1. The van der Waals surface area contributed by atoms with Gasteiger partial charge in [-0.1, -0.05) is 29.8 Å². The van der Waals surface area contributed by atoms with Gasteiger partial charge in [-0.3, -0.25) is 4.79 Å². The van der Waals surface area contributed by atoms with Gasteiger partial charge in [0.15, 0.2) is 6.10 Å². The maximum Gasteiger partial charge on any atom is 0.335 e. The lowest BCUT2D eigenvalue weighted by atomic mass is 9.96. The average molecular weight is 275 g/mol. The van der Waals surface area contributed by atoms with Crippen LogP contribution in [-0.2, 0) is 14.3 Å². The van der Waals surface area contributed by atoms with Crippen LogP contribution in [0.5, 0.6) is 0 Å². The number of aliphatic carboxylic acids is 1. The lowest BCUT2D eigenvalue weighted by molar-refractivity contribution is -0.174. The zero-order chi connectivity index (χ0) is 14.3. The van der Waals surface area contributed by atoms with E-state index in [0.717, 1.165) is 24.0 Å². The SMILES string of the molecule is Cc1ccc(C2C(C(=O)O)OCC(=O)N2C2CC2)cc1. The maximum atomic E-state index is 12.1. The summed E-state index contributed by atoms with van der Waals surface area (Å²) in [6.07, 6.45) is 0.900. The Morgan fingerprint density at radius 2 is 1.95 bits per heavy atom. The lowest BCUT2D eigenvalue weighted by Gasteiger charge is -2.39. The summed E-state index contributed by atoms with van der Waals surface area (Å²) in [5, 5.41) is 9.37. The van der Waals surface area contributed by atoms with Gasteiger partial charge in [-0.05, 0) is 25.3 Å². The van der Waals surface area contributed by atoms with E-state index in [1.54, 1.807) is 4.90 Å². The van der Waals surface area contributed by atoms with Crippen LogP contribution in [0.25, 0.3) is 0 Å². The molecule has 1 amide bonds. The molecular formula is C15H17NO4.